The summed E-state index contributed by atoms with van der Waals surface area (Å²) in [5, 5.41) is 3.44. The van der Waals surface area contributed by atoms with E-state index in [0.29, 0.717) is 22.9 Å². The first kappa shape index (κ1) is 18.6. The number of sulfonamides is 2. The fourth-order valence-electron chi connectivity index (χ4n) is 2.96. The predicted molar refractivity (Wildman–Crippen MR) is 107 cm³/mol. The van der Waals surface area contributed by atoms with Gasteiger partial charge in [0.2, 0.25) is 0 Å². The van der Waals surface area contributed by atoms with Gasteiger partial charge in [0.25, 0.3) is 20.0 Å². The lowest BCUT2D eigenvalue weighted by Gasteiger charge is -2.28. The molecule has 0 aliphatic carbocycles. The quantitative estimate of drug-likeness (QED) is 0.659. The SMILES string of the molecule is O=S(=O)(Nc1ccc2c(c1)CN(S(=O)(=O)c1cccs1)CC2)c1cccs1. The van der Waals surface area contributed by atoms with Crippen LogP contribution in [-0.4, -0.2) is 27.7 Å². The summed E-state index contributed by atoms with van der Waals surface area (Å²) >= 11 is 2.34. The van der Waals surface area contributed by atoms with Gasteiger partial charge in [0, 0.05) is 18.8 Å². The van der Waals surface area contributed by atoms with Crippen LogP contribution in [0.25, 0.3) is 0 Å². The number of fused-ring (bicyclic) bond motifs is 1. The predicted octanol–water partition coefficient (Wildman–Crippen LogP) is 3.36. The third kappa shape index (κ3) is 3.67. The second-order valence-electron chi connectivity index (χ2n) is 6.04. The van der Waals surface area contributed by atoms with Gasteiger partial charge in [0.05, 0.1) is 0 Å². The summed E-state index contributed by atoms with van der Waals surface area (Å²) < 4.78 is 54.9. The van der Waals surface area contributed by atoms with Crippen molar-refractivity contribution in [2.45, 2.75) is 21.4 Å². The number of nitrogens with zero attached hydrogens (tertiary/aromatic N) is 1. The number of nitrogens with one attached hydrogen (secondary N) is 1. The molecule has 0 saturated carbocycles. The van der Waals surface area contributed by atoms with Crippen molar-refractivity contribution in [1.82, 2.24) is 4.31 Å². The molecule has 0 atom stereocenters. The first-order valence-electron chi connectivity index (χ1n) is 8.08. The van der Waals surface area contributed by atoms with E-state index in [-0.39, 0.29) is 10.8 Å². The van der Waals surface area contributed by atoms with Crippen molar-refractivity contribution in [1.29, 1.82) is 0 Å². The van der Waals surface area contributed by atoms with E-state index >= 15 is 0 Å². The first-order chi connectivity index (χ1) is 12.9. The molecule has 2 aromatic heterocycles. The van der Waals surface area contributed by atoms with Crippen molar-refractivity contribution in [3.05, 3.63) is 64.4 Å². The number of anilines is 1. The highest BCUT2D eigenvalue weighted by Gasteiger charge is 2.29. The van der Waals surface area contributed by atoms with Crippen LogP contribution < -0.4 is 4.72 Å². The fraction of sp³-hybridized carbons (Fsp3) is 0.176. The van der Waals surface area contributed by atoms with Gasteiger partial charge in [0.15, 0.2) is 0 Å². The molecule has 142 valence electrons. The minimum Gasteiger partial charge on any atom is -0.279 e. The molecule has 1 N–H and O–H groups in total. The molecule has 0 unspecified atom stereocenters. The van der Waals surface area contributed by atoms with Gasteiger partial charge in [-0.15, -0.1) is 22.7 Å². The van der Waals surface area contributed by atoms with Gasteiger partial charge in [-0.2, -0.15) is 4.31 Å². The lowest BCUT2D eigenvalue weighted by molar-refractivity contribution is 0.392. The Morgan fingerprint density at radius 3 is 2.26 bits per heavy atom. The maximum atomic E-state index is 12.8. The molecule has 0 amide bonds. The summed E-state index contributed by atoms with van der Waals surface area (Å²) in [6.07, 6.45) is 0.595. The second-order valence-corrected chi connectivity index (χ2v) is 12.0. The van der Waals surface area contributed by atoms with Crippen molar-refractivity contribution in [2.24, 2.45) is 0 Å². The molecule has 3 heterocycles. The summed E-state index contributed by atoms with van der Waals surface area (Å²) in [6.45, 7) is 0.637. The Bertz CT molecular complexity index is 1150. The molecule has 10 heteroatoms. The third-order valence-corrected chi connectivity index (χ3v) is 10.3. The van der Waals surface area contributed by atoms with E-state index < -0.39 is 20.0 Å². The molecule has 0 fully saturated rings. The van der Waals surface area contributed by atoms with Crippen LogP contribution in [0.15, 0.2) is 61.6 Å². The zero-order valence-electron chi connectivity index (χ0n) is 14.0. The lowest BCUT2D eigenvalue weighted by Crippen LogP contribution is -2.35. The summed E-state index contributed by atoms with van der Waals surface area (Å²) in [4.78, 5) is 0. The molecule has 1 aliphatic heterocycles. The van der Waals surface area contributed by atoms with Crippen LogP contribution in [0.5, 0.6) is 0 Å². The molecule has 27 heavy (non-hydrogen) atoms. The standard InChI is InChI=1S/C17H16N2O4S4/c20-26(21,16-3-1-9-24-16)18-15-6-5-13-7-8-19(12-14(13)11-15)27(22,23)17-4-2-10-25-17/h1-6,9-11,18H,7-8,12H2. The summed E-state index contributed by atoms with van der Waals surface area (Å²) in [7, 11) is -7.17. The Morgan fingerprint density at radius 2 is 1.59 bits per heavy atom. The number of hydrogen-bond acceptors (Lipinski definition) is 6. The summed E-state index contributed by atoms with van der Waals surface area (Å²) in [5.74, 6) is 0. The van der Waals surface area contributed by atoms with Crippen molar-refractivity contribution in [3.63, 3.8) is 0 Å². The van der Waals surface area contributed by atoms with Crippen LogP contribution >= 0.6 is 22.7 Å². The Kier molecular flexibility index (Phi) is 4.85. The lowest BCUT2D eigenvalue weighted by atomic mass is 10.0. The molecule has 1 aliphatic rings. The molecule has 0 spiro atoms. The molecule has 0 saturated heterocycles. The average molecular weight is 441 g/mol. The van der Waals surface area contributed by atoms with E-state index in [1.165, 1.54) is 15.6 Å². The second kappa shape index (κ2) is 7.02. The zero-order valence-corrected chi connectivity index (χ0v) is 17.3. The average Bonchev–Trinajstić information content (AvgIpc) is 3.34. The third-order valence-electron chi connectivity index (χ3n) is 4.28. The van der Waals surface area contributed by atoms with Gasteiger partial charge in [-0.1, -0.05) is 18.2 Å². The largest absolute Gasteiger partial charge is 0.279 e. The zero-order chi connectivity index (χ0) is 19.1. The van der Waals surface area contributed by atoms with Crippen molar-refractivity contribution in [2.75, 3.05) is 11.3 Å². The Morgan fingerprint density at radius 1 is 0.889 bits per heavy atom. The van der Waals surface area contributed by atoms with Crippen LogP contribution in [0.3, 0.4) is 0 Å². The summed E-state index contributed by atoms with van der Waals surface area (Å²) in [5.41, 5.74) is 2.27. The smallest absolute Gasteiger partial charge is 0.271 e. The first-order valence-corrected chi connectivity index (χ1v) is 12.8. The minimum atomic E-state index is -3.64. The van der Waals surface area contributed by atoms with Crippen LogP contribution in [0.2, 0.25) is 0 Å². The van der Waals surface area contributed by atoms with Crippen LogP contribution in [0, 0.1) is 0 Å². The van der Waals surface area contributed by atoms with Gasteiger partial charge in [-0.05, 0) is 52.6 Å². The Labute approximate surface area is 166 Å². The molecule has 4 rings (SSSR count). The van der Waals surface area contributed by atoms with E-state index in [9.17, 15) is 16.8 Å². The van der Waals surface area contributed by atoms with E-state index in [4.69, 9.17) is 0 Å². The fourth-order valence-corrected chi connectivity index (χ4v) is 7.56. The van der Waals surface area contributed by atoms with E-state index in [2.05, 4.69) is 4.72 Å². The topological polar surface area (TPSA) is 83.6 Å². The normalized spacial score (nSPS) is 15.4. The van der Waals surface area contributed by atoms with E-state index in [1.807, 2.05) is 6.07 Å². The monoisotopic (exact) mass is 440 g/mol. The van der Waals surface area contributed by atoms with Gasteiger partial charge in [-0.25, -0.2) is 16.8 Å². The molecule has 6 nitrogen and oxygen atoms in total. The van der Waals surface area contributed by atoms with Gasteiger partial charge in [-0.3, -0.25) is 4.72 Å². The maximum absolute atomic E-state index is 12.8. The Hall–Kier alpha value is -1.72. The molecule has 0 radical (unpaired) electrons. The molecular formula is C17H16N2O4S4. The van der Waals surface area contributed by atoms with E-state index in [0.717, 1.165) is 22.5 Å². The number of benzene rings is 1. The van der Waals surface area contributed by atoms with Crippen molar-refractivity contribution >= 4 is 48.4 Å². The summed E-state index contributed by atoms with van der Waals surface area (Å²) in [6, 6.07) is 11.8. The van der Waals surface area contributed by atoms with E-state index in [1.54, 1.807) is 47.2 Å². The van der Waals surface area contributed by atoms with Gasteiger partial charge < -0.3 is 0 Å². The Balaban J connectivity index is 1.60. The van der Waals surface area contributed by atoms with Crippen molar-refractivity contribution < 1.29 is 16.8 Å². The highest BCUT2D eigenvalue weighted by atomic mass is 32.3. The molecule has 1 aromatic carbocycles. The minimum absolute atomic E-state index is 0.226. The molecular weight excluding hydrogens is 424 g/mol. The number of thiophene rings is 2. The number of rotatable bonds is 5. The highest BCUT2D eigenvalue weighted by Crippen LogP contribution is 2.29. The molecule has 3 aromatic rings. The van der Waals surface area contributed by atoms with Crippen LogP contribution in [-0.2, 0) is 33.0 Å². The maximum Gasteiger partial charge on any atom is 0.271 e. The van der Waals surface area contributed by atoms with Gasteiger partial charge in [0.1, 0.15) is 8.42 Å². The van der Waals surface area contributed by atoms with Crippen LogP contribution in [0.4, 0.5) is 5.69 Å². The van der Waals surface area contributed by atoms with Crippen LogP contribution in [0.1, 0.15) is 11.1 Å². The highest BCUT2D eigenvalue weighted by molar-refractivity contribution is 7.94. The molecule has 0 bridgehead atoms. The number of hydrogen-bond donors (Lipinski definition) is 1. The van der Waals surface area contributed by atoms with Gasteiger partial charge >= 0.3 is 0 Å². The van der Waals surface area contributed by atoms with Crippen molar-refractivity contribution in [3.8, 4) is 0 Å².